The lowest BCUT2D eigenvalue weighted by Gasteiger charge is -2.12. The van der Waals surface area contributed by atoms with Gasteiger partial charge in [0.25, 0.3) is 11.9 Å². The van der Waals surface area contributed by atoms with E-state index in [2.05, 4.69) is 36.7 Å². The molecule has 8 heteroatoms. The second-order valence-electron chi connectivity index (χ2n) is 4.55. The maximum absolute atomic E-state index is 12.5. The molecule has 1 amide bonds. The molecule has 1 heterocycles. The molecule has 0 radical (unpaired) electrons. The van der Waals surface area contributed by atoms with E-state index in [9.17, 15) is 4.79 Å². The molecule has 112 valence electrons. The van der Waals surface area contributed by atoms with Crippen LogP contribution in [0.2, 0.25) is 0 Å². The molecule has 0 unspecified atom stereocenters. The second-order valence-corrected chi connectivity index (χ2v) is 5.34. The lowest BCUT2D eigenvalue weighted by atomic mass is 10.1. The zero-order valence-electron chi connectivity index (χ0n) is 11.9. The van der Waals surface area contributed by atoms with Crippen molar-refractivity contribution in [1.82, 2.24) is 20.2 Å². The first-order valence-corrected chi connectivity index (χ1v) is 7.20. The predicted molar refractivity (Wildman–Crippen MR) is 85.0 cm³/mol. The summed E-state index contributed by atoms with van der Waals surface area (Å²) in [5.41, 5.74) is 0.389. The molecular weight excluding hydrogens is 350 g/mol. The maximum Gasteiger partial charge on any atom is 0.270 e. The summed E-state index contributed by atoms with van der Waals surface area (Å²) in [6.45, 7) is 0. The molecule has 0 spiro atoms. The van der Waals surface area contributed by atoms with Crippen molar-refractivity contribution in [3.8, 4) is 5.75 Å². The Morgan fingerprint density at radius 2 is 2.14 bits per heavy atom. The molecule has 0 aliphatic heterocycles. The van der Waals surface area contributed by atoms with Gasteiger partial charge >= 0.3 is 0 Å². The minimum atomic E-state index is -0.365. The Balaban J connectivity index is 2.07. The number of hydrogen-bond acceptors (Lipinski definition) is 5. The van der Waals surface area contributed by atoms with Crippen molar-refractivity contribution < 1.29 is 9.53 Å². The Morgan fingerprint density at radius 1 is 1.36 bits per heavy atom. The normalized spacial score (nSPS) is 10.7. The van der Waals surface area contributed by atoms with Gasteiger partial charge in [-0.05, 0) is 38.0 Å². The van der Waals surface area contributed by atoms with Gasteiger partial charge in [-0.25, -0.2) is 0 Å². The lowest BCUT2D eigenvalue weighted by Crippen LogP contribution is -2.15. The standard InChI is InChI=1S/C14H12BrN5O2/c1-20-18-14(17-19-20)16-13(21)10-7-8-5-3-4-6-9(8)11(15)12(10)22-2/h3-7H,1-2H3,(H,16,18,21). The zero-order valence-corrected chi connectivity index (χ0v) is 13.5. The number of anilines is 1. The van der Waals surface area contributed by atoms with Gasteiger partial charge in [0.05, 0.1) is 24.2 Å². The first-order chi connectivity index (χ1) is 10.6. The van der Waals surface area contributed by atoms with Crippen LogP contribution in [0.15, 0.2) is 34.8 Å². The molecule has 22 heavy (non-hydrogen) atoms. The van der Waals surface area contributed by atoms with Crippen LogP contribution >= 0.6 is 15.9 Å². The molecule has 2 aromatic carbocycles. The number of tetrazole rings is 1. The second kappa shape index (κ2) is 5.72. The molecule has 0 aliphatic carbocycles. The molecular formula is C14H12BrN5O2. The number of carbonyl (C=O) groups is 1. The van der Waals surface area contributed by atoms with E-state index >= 15 is 0 Å². The fourth-order valence-electron chi connectivity index (χ4n) is 2.16. The van der Waals surface area contributed by atoms with Crippen LogP contribution in [0.25, 0.3) is 10.8 Å². The van der Waals surface area contributed by atoms with Crippen LogP contribution < -0.4 is 10.1 Å². The van der Waals surface area contributed by atoms with E-state index in [1.807, 2.05) is 24.3 Å². The van der Waals surface area contributed by atoms with E-state index in [-0.39, 0.29) is 11.9 Å². The monoisotopic (exact) mass is 361 g/mol. The summed E-state index contributed by atoms with van der Waals surface area (Å²) in [6.07, 6.45) is 0. The smallest absolute Gasteiger partial charge is 0.270 e. The van der Waals surface area contributed by atoms with Gasteiger partial charge in [-0.3, -0.25) is 10.1 Å². The summed E-state index contributed by atoms with van der Waals surface area (Å²) < 4.78 is 6.11. The third-order valence-electron chi connectivity index (χ3n) is 3.12. The SMILES string of the molecule is COc1c(C(=O)Nc2nnn(C)n2)cc2ccccc2c1Br. The molecule has 0 fully saturated rings. The molecule has 3 aromatic rings. The van der Waals surface area contributed by atoms with Crippen molar-refractivity contribution in [1.29, 1.82) is 0 Å². The van der Waals surface area contributed by atoms with E-state index in [4.69, 9.17) is 4.74 Å². The van der Waals surface area contributed by atoms with Crippen LogP contribution in [0, 0.1) is 0 Å². The van der Waals surface area contributed by atoms with Crippen molar-refractivity contribution in [2.24, 2.45) is 7.05 Å². The van der Waals surface area contributed by atoms with Crippen LogP contribution in [0.1, 0.15) is 10.4 Å². The van der Waals surface area contributed by atoms with Crippen molar-refractivity contribution >= 4 is 38.6 Å². The molecule has 0 saturated heterocycles. The van der Waals surface area contributed by atoms with Crippen LogP contribution in [0.4, 0.5) is 5.95 Å². The van der Waals surface area contributed by atoms with E-state index in [0.717, 1.165) is 15.2 Å². The number of nitrogens with zero attached hydrogens (tertiary/aromatic N) is 4. The summed E-state index contributed by atoms with van der Waals surface area (Å²) in [5.74, 6) is 0.232. The van der Waals surface area contributed by atoms with Gasteiger partial charge in [0.15, 0.2) is 0 Å². The average Bonchev–Trinajstić information content (AvgIpc) is 2.92. The number of carbonyl (C=O) groups excluding carboxylic acids is 1. The number of nitrogens with one attached hydrogen (secondary N) is 1. The average molecular weight is 362 g/mol. The number of aryl methyl sites for hydroxylation is 1. The largest absolute Gasteiger partial charge is 0.495 e. The number of fused-ring (bicyclic) bond motifs is 1. The van der Waals surface area contributed by atoms with Crippen molar-refractivity contribution in [2.75, 3.05) is 12.4 Å². The fourth-order valence-corrected chi connectivity index (χ4v) is 2.89. The molecule has 0 bridgehead atoms. The molecule has 3 rings (SSSR count). The summed E-state index contributed by atoms with van der Waals surface area (Å²) >= 11 is 3.50. The van der Waals surface area contributed by atoms with Crippen molar-refractivity contribution in [2.45, 2.75) is 0 Å². The van der Waals surface area contributed by atoms with Gasteiger partial charge in [0.1, 0.15) is 5.75 Å². The van der Waals surface area contributed by atoms with Crippen LogP contribution in [0.5, 0.6) is 5.75 Å². The highest BCUT2D eigenvalue weighted by atomic mass is 79.9. The first-order valence-electron chi connectivity index (χ1n) is 6.40. The van der Waals surface area contributed by atoms with E-state index in [1.165, 1.54) is 11.9 Å². The molecule has 0 saturated carbocycles. The summed E-state index contributed by atoms with van der Waals surface area (Å²) in [7, 11) is 3.14. The Labute approximate surface area is 134 Å². The van der Waals surface area contributed by atoms with Gasteiger partial charge in [-0.1, -0.05) is 29.4 Å². The Morgan fingerprint density at radius 3 is 2.82 bits per heavy atom. The number of aromatic nitrogens is 4. The van der Waals surface area contributed by atoms with Gasteiger partial charge < -0.3 is 4.74 Å². The first kappa shape index (κ1) is 14.5. The predicted octanol–water partition coefficient (Wildman–Crippen LogP) is 2.39. The minimum absolute atomic E-state index is 0.138. The molecule has 7 nitrogen and oxygen atoms in total. The summed E-state index contributed by atoms with van der Waals surface area (Å²) in [6, 6.07) is 9.48. The van der Waals surface area contributed by atoms with Gasteiger partial charge in [0.2, 0.25) is 0 Å². The Bertz CT molecular complexity index is 862. The number of halogens is 1. The molecule has 0 aliphatic rings. The van der Waals surface area contributed by atoms with Crippen molar-refractivity contribution in [3.63, 3.8) is 0 Å². The molecule has 1 aromatic heterocycles. The lowest BCUT2D eigenvalue weighted by molar-refractivity contribution is 0.102. The molecule has 0 atom stereocenters. The topological polar surface area (TPSA) is 81.9 Å². The van der Waals surface area contributed by atoms with Crippen LogP contribution in [-0.2, 0) is 7.05 Å². The number of hydrogen-bond donors (Lipinski definition) is 1. The highest BCUT2D eigenvalue weighted by Gasteiger charge is 2.19. The third kappa shape index (κ3) is 2.52. The quantitative estimate of drug-likeness (QED) is 0.774. The van der Waals surface area contributed by atoms with Gasteiger partial charge in [-0.15, -0.1) is 5.10 Å². The summed E-state index contributed by atoms with van der Waals surface area (Å²) in [4.78, 5) is 13.7. The zero-order chi connectivity index (χ0) is 15.7. The number of benzene rings is 2. The van der Waals surface area contributed by atoms with Crippen LogP contribution in [-0.4, -0.2) is 33.2 Å². The highest BCUT2D eigenvalue weighted by molar-refractivity contribution is 9.10. The maximum atomic E-state index is 12.5. The number of methoxy groups -OCH3 is 1. The number of ether oxygens (including phenoxy) is 1. The van der Waals surface area contributed by atoms with E-state index in [1.54, 1.807) is 13.1 Å². The third-order valence-corrected chi connectivity index (χ3v) is 3.91. The number of rotatable bonds is 3. The highest BCUT2D eigenvalue weighted by Crippen LogP contribution is 2.36. The van der Waals surface area contributed by atoms with Crippen LogP contribution in [0.3, 0.4) is 0 Å². The van der Waals surface area contributed by atoms with Gasteiger partial charge in [0, 0.05) is 0 Å². The number of amides is 1. The Kier molecular flexibility index (Phi) is 3.76. The van der Waals surface area contributed by atoms with Gasteiger partial charge in [-0.2, -0.15) is 4.80 Å². The minimum Gasteiger partial charge on any atom is -0.495 e. The van der Waals surface area contributed by atoms with E-state index in [0.29, 0.717) is 11.3 Å². The van der Waals surface area contributed by atoms with Crippen molar-refractivity contribution in [3.05, 3.63) is 40.4 Å². The summed E-state index contributed by atoms with van der Waals surface area (Å²) in [5, 5.41) is 15.8. The Hall–Kier alpha value is -2.48. The van der Waals surface area contributed by atoms with E-state index < -0.39 is 0 Å². The molecule has 1 N–H and O–H groups in total. The fraction of sp³-hybridized carbons (Fsp3) is 0.143.